The third kappa shape index (κ3) is 4.95. The number of rotatable bonds is 3. The Labute approximate surface area is 107 Å². The standard InChI is InChI=1S/C13H20N2O3/c1-13(2,3)18-12(17)15-7-6-9-4-5-10(14)11(16)8-9/h4-5,8,16H,6-7,14H2,1-3H3,(H,15,17). The molecule has 0 aliphatic rings. The molecule has 0 unspecified atom stereocenters. The maximum absolute atomic E-state index is 11.4. The average molecular weight is 252 g/mol. The molecule has 5 nitrogen and oxygen atoms in total. The molecule has 5 heteroatoms. The fourth-order valence-electron chi connectivity index (χ4n) is 1.37. The second-order valence-corrected chi connectivity index (χ2v) is 5.07. The third-order valence-corrected chi connectivity index (χ3v) is 2.18. The number of benzene rings is 1. The van der Waals surface area contributed by atoms with E-state index in [2.05, 4.69) is 5.32 Å². The Bertz CT molecular complexity index is 425. The van der Waals surface area contributed by atoms with E-state index in [1.807, 2.05) is 26.8 Å². The number of alkyl carbamates (subject to hydrolysis) is 1. The van der Waals surface area contributed by atoms with Crippen LogP contribution in [0.1, 0.15) is 26.3 Å². The van der Waals surface area contributed by atoms with Gasteiger partial charge in [0.05, 0.1) is 5.69 Å². The van der Waals surface area contributed by atoms with Gasteiger partial charge >= 0.3 is 6.09 Å². The maximum atomic E-state index is 11.4. The average Bonchev–Trinajstić information content (AvgIpc) is 2.20. The van der Waals surface area contributed by atoms with Gasteiger partial charge in [0.2, 0.25) is 0 Å². The summed E-state index contributed by atoms with van der Waals surface area (Å²) in [7, 11) is 0. The molecule has 1 rings (SSSR count). The van der Waals surface area contributed by atoms with E-state index in [0.717, 1.165) is 5.56 Å². The fourth-order valence-corrected chi connectivity index (χ4v) is 1.37. The van der Waals surface area contributed by atoms with Crippen molar-refractivity contribution < 1.29 is 14.6 Å². The van der Waals surface area contributed by atoms with Gasteiger partial charge in [0, 0.05) is 6.54 Å². The molecule has 0 heterocycles. The zero-order valence-electron chi connectivity index (χ0n) is 11.0. The molecule has 0 radical (unpaired) electrons. The Hall–Kier alpha value is -1.91. The molecule has 0 saturated carbocycles. The summed E-state index contributed by atoms with van der Waals surface area (Å²) < 4.78 is 5.10. The van der Waals surface area contributed by atoms with Gasteiger partial charge in [0.1, 0.15) is 11.4 Å². The van der Waals surface area contributed by atoms with Gasteiger partial charge in [-0.05, 0) is 44.9 Å². The van der Waals surface area contributed by atoms with Crippen LogP contribution in [-0.4, -0.2) is 23.3 Å². The van der Waals surface area contributed by atoms with E-state index in [9.17, 15) is 9.90 Å². The van der Waals surface area contributed by atoms with Crippen molar-refractivity contribution in [3.63, 3.8) is 0 Å². The highest BCUT2D eigenvalue weighted by Crippen LogP contribution is 2.20. The van der Waals surface area contributed by atoms with Crippen LogP contribution >= 0.6 is 0 Å². The summed E-state index contributed by atoms with van der Waals surface area (Å²) >= 11 is 0. The van der Waals surface area contributed by atoms with Crippen molar-refractivity contribution in [3.05, 3.63) is 23.8 Å². The first-order chi connectivity index (χ1) is 8.28. The maximum Gasteiger partial charge on any atom is 0.407 e. The zero-order chi connectivity index (χ0) is 13.8. The molecule has 0 aliphatic heterocycles. The Balaban J connectivity index is 2.38. The summed E-state index contributed by atoms with van der Waals surface area (Å²) in [4.78, 5) is 11.4. The number of anilines is 1. The number of nitrogens with two attached hydrogens (primary N) is 1. The van der Waals surface area contributed by atoms with Gasteiger partial charge in [-0.25, -0.2) is 4.79 Å². The van der Waals surface area contributed by atoms with Gasteiger partial charge in [-0.3, -0.25) is 0 Å². The molecule has 4 N–H and O–H groups in total. The predicted octanol–water partition coefficient (Wildman–Crippen LogP) is 2.04. The molecule has 0 saturated heterocycles. The van der Waals surface area contributed by atoms with Crippen molar-refractivity contribution in [2.24, 2.45) is 0 Å². The number of carbonyl (C=O) groups excluding carboxylic acids is 1. The lowest BCUT2D eigenvalue weighted by molar-refractivity contribution is 0.0528. The van der Waals surface area contributed by atoms with Crippen molar-refractivity contribution in [2.75, 3.05) is 12.3 Å². The van der Waals surface area contributed by atoms with E-state index >= 15 is 0 Å². The fraction of sp³-hybridized carbons (Fsp3) is 0.462. The molecule has 1 aromatic carbocycles. The summed E-state index contributed by atoms with van der Waals surface area (Å²) in [6.07, 6.45) is 0.162. The van der Waals surface area contributed by atoms with Crippen molar-refractivity contribution in [1.29, 1.82) is 0 Å². The summed E-state index contributed by atoms with van der Waals surface area (Å²) in [6, 6.07) is 5.04. The second-order valence-electron chi connectivity index (χ2n) is 5.07. The van der Waals surface area contributed by atoms with E-state index in [4.69, 9.17) is 10.5 Å². The summed E-state index contributed by atoms with van der Waals surface area (Å²) in [6.45, 7) is 5.87. The van der Waals surface area contributed by atoms with Crippen LogP contribution in [0, 0.1) is 0 Å². The SMILES string of the molecule is CC(C)(C)OC(=O)NCCc1ccc(N)c(O)c1. The molecule has 0 bridgehead atoms. The molecule has 0 atom stereocenters. The van der Waals surface area contributed by atoms with Gasteiger partial charge in [-0.1, -0.05) is 6.07 Å². The van der Waals surface area contributed by atoms with Crippen molar-refractivity contribution in [1.82, 2.24) is 5.32 Å². The van der Waals surface area contributed by atoms with E-state index in [1.165, 1.54) is 0 Å². The molecular formula is C13H20N2O3. The third-order valence-electron chi connectivity index (χ3n) is 2.18. The monoisotopic (exact) mass is 252 g/mol. The molecule has 0 fully saturated rings. The minimum Gasteiger partial charge on any atom is -0.506 e. The Kier molecular flexibility index (Phi) is 4.42. The van der Waals surface area contributed by atoms with Crippen LogP contribution in [0.5, 0.6) is 5.75 Å². The zero-order valence-corrected chi connectivity index (χ0v) is 11.0. The topological polar surface area (TPSA) is 84.6 Å². The van der Waals surface area contributed by atoms with E-state index in [-0.39, 0.29) is 5.75 Å². The minimum atomic E-state index is -0.496. The highest BCUT2D eigenvalue weighted by Gasteiger charge is 2.15. The van der Waals surface area contributed by atoms with Gasteiger partial charge < -0.3 is 20.9 Å². The number of nitrogens with one attached hydrogen (secondary N) is 1. The highest BCUT2D eigenvalue weighted by molar-refractivity contribution is 5.67. The number of ether oxygens (including phenoxy) is 1. The lowest BCUT2D eigenvalue weighted by atomic mass is 10.1. The van der Waals surface area contributed by atoms with Crippen LogP contribution in [0.25, 0.3) is 0 Å². The first kappa shape index (κ1) is 14.2. The number of phenolic OH excluding ortho intramolecular Hbond substituents is 1. The van der Waals surface area contributed by atoms with Crippen LogP contribution in [0.4, 0.5) is 10.5 Å². The smallest absolute Gasteiger partial charge is 0.407 e. The van der Waals surface area contributed by atoms with E-state index in [0.29, 0.717) is 18.7 Å². The lowest BCUT2D eigenvalue weighted by Gasteiger charge is -2.19. The number of aromatic hydroxyl groups is 1. The Morgan fingerprint density at radius 2 is 2.11 bits per heavy atom. The number of nitrogen functional groups attached to an aromatic ring is 1. The van der Waals surface area contributed by atoms with E-state index < -0.39 is 11.7 Å². The van der Waals surface area contributed by atoms with Crippen LogP contribution in [0.15, 0.2) is 18.2 Å². The summed E-state index contributed by atoms with van der Waals surface area (Å²) in [5.74, 6) is 0.0600. The van der Waals surface area contributed by atoms with E-state index in [1.54, 1.807) is 12.1 Å². The van der Waals surface area contributed by atoms with Crippen LogP contribution in [0.3, 0.4) is 0 Å². The number of hydrogen-bond donors (Lipinski definition) is 3. The predicted molar refractivity (Wildman–Crippen MR) is 70.5 cm³/mol. The molecule has 1 amide bonds. The molecule has 100 valence electrons. The highest BCUT2D eigenvalue weighted by atomic mass is 16.6. The molecule has 1 aromatic rings. The Morgan fingerprint density at radius 3 is 2.67 bits per heavy atom. The lowest BCUT2D eigenvalue weighted by Crippen LogP contribution is -2.33. The van der Waals surface area contributed by atoms with Crippen molar-refractivity contribution >= 4 is 11.8 Å². The van der Waals surface area contributed by atoms with Gasteiger partial charge in [-0.15, -0.1) is 0 Å². The number of carbonyl (C=O) groups is 1. The molecule has 0 aromatic heterocycles. The normalized spacial score (nSPS) is 11.1. The largest absolute Gasteiger partial charge is 0.506 e. The Morgan fingerprint density at radius 1 is 1.44 bits per heavy atom. The van der Waals surface area contributed by atoms with Crippen molar-refractivity contribution in [3.8, 4) is 5.75 Å². The first-order valence-electron chi connectivity index (χ1n) is 5.82. The quantitative estimate of drug-likeness (QED) is 0.567. The van der Waals surface area contributed by atoms with Crippen LogP contribution in [0.2, 0.25) is 0 Å². The summed E-state index contributed by atoms with van der Waals surface area (Å²) in [5.41, 5.74) is 6.25. The molecule has 18 heavy (non-hydrogen) atoms. The number of hydrogen-bond acceptors (Lipinski definition) is 4. The summed E-state index contributed by atoms with van der Waals surface area (Å²) in [5, 5.41) is 12.1. The number of phenols is 1. The van der Waals surface area contributed by atoms with Crippen molar-refractivity contribution in [2.45, 2.75) is 32.8 Å². The second kappa shape index (κ2) is 5.62. The van der Waals surface area contributed by atoms with Gasteiger partial charge in [-0.2, -0.15) is 0 Å². The molecular weight excluding hydrogens is 232 g/mol. The minimum absolute atomic E-state index is 0.0600. The van der Waals surface area contributed by atoms with Gasteiger partial charge in [0.15, 0.2) is 0 Å². The van der Waals surface area contributed by atoms with Crippen LogP contribution < -0.4 is 11.1 Å². The first-order valence-corrected chi connectivity index (χ1v) is 5.82. The molecule has 0 spiro atoms. The van der Waals surface area contributed by atoms with Gasteiger partial charge in [0.25, 0.3) is 0 Å². The number of amides is 1. The van der Waals surface area contributed by atoms with Crippen LogP contribution in [-0.2, 0) is 11.2 Å². The molecule has 0 aliphatic carbocycles.